The van der Waals surface area contributed by atoms with Gasteiger partial charge in [0.05, 0.1) is 7.11 Å². The number of nitrogens with one attached hydrogen (secondary N) is 1. The van der Waals surface area contributed by atoms with E-state index in [4.69, 9.17) is 9.47 Å². The fraction of sp³-hybridized carbons (Fsp3) is 0.667. The van der Waals surface area contributed by atoms with Crippen LogP contribution in [-0.4, -0.2) is 66.0 Å². The van der Waals surface area contributed by atoms with Crippen LogP contribution in [-0.2, 0) is 16.6 Å². The van der Waals surface area contributed by atoms with E-state index in [0.717, 1.165) is 49.1 Å². The second-order valence-electron chi connectivity index (χ2n) is 8.88. The number of likely N-dealkylation sites (N-methyl/N-ethyl adjacent to an activating group) is 1. The van der Waals surface area contributed by atoms with Crippen LogP contribution in [0.1, 0.15) is 37.3 Å². The van der Waals surface area contributed by atoms with Gasteiger partial charge in [-0.05, 0) is 52.1 Å². The molecule has 6 atom stereocenters. The Morgan fingerprint density at radius 3 is 2.80 bits per heavy atom. The zero-order valence-corrected chi connectivity index (χ0v) is 19.0. The van der Waals surface area contributed by atoms with Gasteiger partial charge in [0.15, 0.2) is 11.5 Å². The van der Waals surface area contributed by atoms with Crippen molar-refractivity contribution in [1.29, 1.82) is 0 Å². The van der Waals surface area contributed by atoms with Crippen LogP contribution >= 0.6 is 24.8 Å². The van der Waals surface area contributed by atoms with Gasteiger partial charge in [0.1, 0.15) is 17.9 Å². The molecule has 0 aromatic heterocycles. The molecule has 1 saturated carbocycles. The molecule has 2 heterocycles. The molecule has 2 fully saturated rings. The fourth-order valence-electron chi connectivity index (χ4n) is 6.53. The number of carbonyl (C=O) groups is 1. The zero-order valence-electron chi connectivity index (χ0n) is 17.4. The summed E-state index contributed by atoms with van der Waals surface area (Å²) in [4.78, 5) is 13.9. The van der Waals surface area contributed by atoms with Gasteiger partial charge in [-0.3, -0.25) is 10.1 Å². The number of methoxy groups -OCH3 is 1. The van der Waals surface area contributed by atoms with E-state index in [-0.39, 0.29) is 48.1 Å². The Balaban J connectivity index is 0.00000128. The van der Waals surface area contributed by atoms with Crippen molar-refractivity contribution in [3.8, 4) is 17.2 Å². The molecule has 2 bridgehead atoms. The second-order valence-corrected chi connectivity index (χ2v) is 8.88. The predicted molar refractivity (Wildman–Crippen MR) is 117 cm³/mol. The monoisotopic (exact) mass is 460 g/mol. The number of hydrogen-bond donors (Lipinski definition) is 3. The Bertz CT molecular complexity index is 853. The molecule has 0 unspecified atom stereocenters. The lowest BCUT2D eigenvalue weighted by atomic mass is 9.51. The number of likely N-dealkylation sites (tertiary alicyclic amines) is 1. The van der Waals surface area contributed by atoms with E-state index < -0.39 is 12.0 Å². The molecule has 1 aromatic carbocycles. The molecule has 30 heavy (non-hydrogen) atoms. The molecule has 168 valence electrons. The van der Waals surface area contributed by atoms with E-state index in [1.165, 1.54) is 0 Å². The third-order valence-corrected chi connectivity index (χ3v) is 7.74. The number of phenols is 1. The number of rotatable bonds is 4. The van der Waals surface area contributed by atoms with E-state index in [1.807, 2.05) is 0 Å². The number of aliphatic carboxylic acids is 1. The molecule has 9 heteroatoms. The smallest absolute Gasteiger partial charge is 0.320 e. The van der Waals surface area contributed by atoms with Crippen molar-refractivity contribution >= 4 is 30.8 Å². The summed E-state index contributed by atoms with van der Waals surface area (Å²) >= 11 is 0. The van der Waals surface area contributed by atoms with Crippen LogP contribution in [0.5, 0.6) is 17.2 Å². The minimum absolute atomic E-state index is 0. The minimum atomic E-state index is -0.856. The lowest BCUT2D eigenvalue weighted by molar-refractivity contribution is -0.140. The lowest BCUT2D eigenvalue weighted by Crippen LogP contribution is -2.68. The number of ether oxygens (including phenoxy) is 2. The molecule has 0 amide bonds. The van der Waals surface area contributed by atoms with E-state index in [1.54, 1.807) is 20.1 Å². The molecule has 3 N–H and O–H groups in total. The van der Waals surface area contributed by atoms with Gasteiger partial charge in [-0.1, -0.05) is 0 Å². The number of carboxylic acids is 1. The molecule has 0 radical (unpaired) electrons. The van der Waals surface area contributed by atoms with Crippen molar-refractivity contribution in [3.63, 3.8) is 0 Å². The fourth-order valence-corrected chi connectivity index (χ4v) is 6.53. The molecule has 2 aliphatic carbocycles. The first-order valence-electron chi connectivity index (χ1n) is 10.2. The summed E-state index contributed by atoms with van der Waals surface area (Å²) in [6.45, 7) is 2.65. The van der Waals surface area contributed by atoms with Gasteiger partial charge in [0, 0.05) is 34.7 Å². The maximum Gasteiger partial charge on any atom is 0.320 e. The van der Waals surface area contributed by atoms with Crippen molar-refractivity contribution in [3.05, 3.63) is 17.2 Å². The largest absolute Gasteiger partial charge is 0.504 e. The van der Waals surface area contributed by atoms with Crippen molar-refractivity contribution < 1.29 is 24.5 Å². The van der Waals surface area contributed by atoms with E-state index in [9.17, 15) is 15.0 Å². The predicted octanol–water partition coefficient (Wildman–Crippen LogP) is 2.34. The third kappa shape index (κ3) is 2.89. The van der Waals surface area contributed by atoms with Crippen LogP contribution in [0.2, 0.25) is 0 Å². The van der Waals surface area contributed by atoms with Gasteiger partial charge in [-0.25, -0.2) is 0 Å². The number of hydrogen-bond acceptors (Lipinski definition) is 6. The van der Waals surface area contributed by atoms with Gasteiger partial charge in [-0.2, -0.15) is 0 Å². The first-order chi connectivity index (χ1) is 13.4. The van der Waals surface area contributed by atoms with Crippen LogP contribution in [0.4, 0.5) is 0 Å². The standard InChI is InChI=1S/C21H28N2O5.2ClH/c1-10(20(25)26)22-13-5-4-12-14-8-11-16(27-3)9-15(24)18-17(11)21(12,19(13)28-18)6-7-23(14)2;;/h9-10,12-14,19,22,24H,4-8H2,1-3H3,(H,25,26);2*1H/t10-,12-,13+,14+,19-,21-;;/m0../s1. The second kappa shape index (κ2) is 7.93. The summed E-state index contributed by atoms with van der Waals surface area (Å²) in [7, 11) is 3.84. The number of nitrogens with zero attached hydrogens (tertiary/aromatic N) is 1. The highest BCUT2D eigenvalue weighted by molar-refractivity contribution is 5.85. The Labute approximate surface area is 188 Å². The Morgan fingerprint density at radius 1 is 1.40 bits per heavy atom. The SMILES string of the molecule is COc1cc(O)c2c3c1C[C@@H]1[C@@H]4CC[C@@H](N[C@@H](C)C(=O)O)[C@H](O2)[C@]34CCN1C.Cl.Cl. The molecule has 7 nitrogen and oxygen atoms in total. The summed E-state index contributed by atoms with van der Waals surface area (Å²) in [5.41, 5.74) is 2.08. The number of aromatic hydroxyl groups is 1. The summed E-state index contributed by atoms with van der Waals surface area (Å²) < 4.78 is 12.1. The Hall–Kier alpha value is -1.41. The number of benzene rings is 1. The van der Waals surface area contributed by atoms with Gasteiger partial charge in [-0.15, -0.1) is 24.8 Å². The quantitative estimate of drug-likeness (QED) is 0.634. The average Bonchev–Trinajstić information content (AvgIpc) is 3.02. The van der Waals surface area contributed by atoms with Gasteiger partial charge < -0.3 is 24.6 Å². The van der Waals surface area contributed by atoms with E-state index in [2.05, 4.69) is 17.3 Å². The molecular weight excluding hydrogens is 431 g/mol. The summed E-state index contributed by atoms with van der Waals surface area (Å²) in [5.74, 6) is 1.03. The molecular formula is C21H30Cl2N2O5. The number of carboxylic acid groups (broad SMARTS) is 1. The van der Waals surface area contributed by atoms with Crippen molar-refractivity contribution in [2.24, 2.45) is 5.92 Å². The van der Waals surface area contributed by atoms with Crippen LogP contribution in [0.25, 0.3) is 0 Å². The Morgan fingerprint density at radius 2 is 2.13 bits per heavy atom. The van der Waals surface area contributed by atoms with Crippen molar-refractivity contribution in [2.45, 2.75) is 62.3 Å². The van der Waals surface area contributed by atoms with Crippen LogP contribution in [0.15, 0.2) is 6.07 Å². The van der Waals surface area contributed by atoms with Crippen LogP contribution in [0.3, 0.4) is 0 Å². The molecule has 1 saturated heterocycles. The highest BCUT2D eigenvalue weighted by atomic mass is 35.5. The summed E-state index contributed by atoms with van der Waals surface area (Å²) in [6.07, 6.45) is 3.57. The van der Waals surface area contributed by atoms with Gasteiger partial charge in [0.25, 0.3) is 0 Å². The molecule has 1 aromatic rings. The Kier molecular flexibility index (Phi) is 6.15. The highest BCUT2D eigenvalue weighted by Gasteiger charge is 2.66. The lowest BCUT2D eigenvalue weighted by Gasteiger charge is -2.59. The van der Waals surface area contributed by atoms with E-state index in [0.29, 0.717) is 17.7 Å². The number of piperidine rings is 1. The number of halogens is 2. The first kappa shape index (κ1) is 23.3. The topological polar surface area (TPSA) is 91.3 Å². The van der Waals surface area contributed by atoms with E-state index >= 15 is 0 Å². The van der Waals surface area contributed by atoms with Crippen LogP contribution in [0, 0.1) is 5.92 Å². The molecule has 2 aliphatic heterocycles. The maximum atomic E-state index is 11.4. The van der Waals surface area contributed by atoms with Gasteiger partial charge >= 0.3 is 5.97 Å². The first-order valence-corrected chi connectivity index (χ1v) is 10.2. The highest BCUT2D eigenvalue weighted by Crippen LogP contribution is 2.65. The minimum Gasteiger partial charge on any atom is -0.504 e. The molecule has 4 aliphatic rings. The summed E-state index contributed by atoms with van der Waals surface area (Å²) in [5, 5.41) is 23.4. The molecule has 5 rings (SSSR count). The number of phenolic OH excluding ortho intramolecular Hbond substituents is 1. The van der Waals surface area contributed by atoms with Crippen molar-refractivity contribution in [1.82, 2.24) is 10.2 Å². The van der Waals surface area contributed by atoms with Crippen molar-refractivity contribution in [2.75, 3.05) is 20.7 Å². The third-order valence-electron chi connectivity index (χ3n) is 7.74. The normalized spacial score (nSPS) is 34.0. The zero-order chi connectivity index (χ0) is 19.8. The summed E-state index contributed by atoms with van der Waals surface area (Å²) in [6, 6.07) is 1.38. The average molecular weight is 461 g/mol. The molecule has 1 spiro atoms. The van der Waals surface area contributed by atoms with Crippen LogP contribution < -0.4 is 14.8 Å². The van der Waals surface area contributed by atoms with Gasteiger partial charge in [0.2, 0.25) is 0 Å². The maximum absolute atomic E-state index is 11.4.